The van der Waals surface area contributed by atoms with Gasteiger partial charge in [-0.05, 0) is 38.1 Å². The molecule has 3 heteroatoms. The third-order valence-electron chi connectivity index (χ3n) is 2.73. The van der Waals surface area contributed by atoms with Crippen LogP contribution in [0.25, 0.3) is 0 Å². The van der Waals surface area contributed by atoms with E-state index in [0.717, 1.165) is 0 Å². The van der Waals surface area contributed by atoms with E-state index in [2.05, 4.69) is 62.4 Å². The fourth-order valence-corrected chi connectivity index (χ4v) is 3.02. The molecule has 0 bridgehead atoms. The van der Waals surface area contributed by atoms with Gasteiger partial charge in [-0.3, -0.25) is 0 Å². The van der Waals surface area contributed by atoms with Crippen LogP contribution in [0, 0.1) is 13.8 Å². The molecule has 0 amide bonds. The maximum Gasteiger partial charge on any atom is 1.00 e. The van der Waals surface area contributed by atoms with Gasteiger partial charge in [-0.2, -0.15) is 0 Å². The van der Waals surface area contributed by atoms with Gasteiger partial charge < -0.3 is 0 Å². The fourth-order valence-electron chi connectivity index (χ4n) is 1.63. The van der Waals surface area contributed by atoms with Crippen LogP contribution in [0.5, 0.6) is 0 Å². The van der Waals surface area contributed by atoms with E-state index in [9.17, 15) is 0 Å². The van der Waals surface area contributed by atoms with Crippen LogP contribution in [0.1, 0.15) is 11.1 Å². The van der Waals surface area contributed by atoms with Crippen LogP contribution in [0.2, 0.25) is 0 Å². The van der Waals surface area contributed by atoms with Crippen molar-refractivity contribution < 1.29 is 18.9 Å². The average Bonchev–Trinajstić information content (AvgIpc) is 2.30. The third kappa shape index (κ3) is 3.75. The molecule has 0 atom stereocenters. The third-order valence-corrected chi connectivity index (χ3v) is 4.64. The van der Waals surface area contributed by atoms with Crippen molar-refractivity contribution in [2.45, 2.75) is 13.8 Å². The van der Waals surface area contributed by atoms with Gasteiger partial charge in [-0.1, -0.05) is 35.4 Å². The molecule has 78 valence electrons. The van der Waals surface area contributed by atoms with Crippen LogP contribution in [0.4, 0.5) is 0 Å². The summed E-state index contributed by atoms with van der Waals surface area (Å²) < 4.78 is 0. The largest absolute Gasteiger partial charge is 1.00 e. The Morgan fingerprint density at radius 1 is 0.706 bits per heavy atom. The van der Waals surface area contributed by atoms with Gasteiger partial charge in [-0.15, -0.1) is 0 Å². The molecule has 0 saturated carbocycles. The predicted molar refractivity (Wildman–Crippen MR) is 75.7 cm³/mol. The molecule has 0 spiro atoms. The molecule has 0 nitrogen and oxygen atoms in total. The number of aryl methyl sites for hydroxylation is 2. The zero-order valence-corrected chi connectivity index (χ0v) is 11.7. The zero-order chi connectivity index (χ0) is 11.5. The minimum absolute atomic E-state index is 0. The van der Waals surface area contributed by atoms with Crippen molar-refractivity contribution >= 4 is 26.0 Å². The van der Waals surface area contributed by atoms with Crippen molar-refractivity contribution in [2.24, 2.45) is 0 Å². The molecule has 2 aromatic carbocycles. The fraction of sp³-hybridized carbons (Fsp3) is 0.143. The molecular formula is C14H15BLiP+2. The summed E-state index contributed by atoms with van der Waals surface area (Å²) >= 11 is 0. The maximum absolute atomic E-state index is 6.32. The number of benzene rings is 2. The summed E-state index contributed by atoms with van der Waals surface area (Å²) in [5.74, 6) is 0. The molecule has 0 fully saturated rings. The minimum atomic E-state index is -1.08. The van der Waals surface area contributed by atoms with Crippen LogP contribution in [-0.2, 0) is 0 Å². The first-order chi connectivity index (χ1) is 7.66. The Morgan fingerprint density at radius 3 is 1.29 bits per heavy atom. The molecule has 0 N–H and O–H groups in total. The van der Waals surface area contributed by atoms with Gasteiger partial charge in [0.25, 0.3) is 0 Å². The molecule has 0 aromatic heterocycles. The summed E-state index contributed by atoms with van der Waals surface area (Å²) in [6.45, 7) is 4.19. The van der Waals surface area contributed by atoms with Crippen molar-refractivity contribution in [1.29, 1.82) is 0 Å². The normalized spacial score (nSPS) is 10.1. The monoisotopic (exact) mass is 232 g/mol. The molecule has 0 aliphatic heterocycles. The van der Waals surface area contributed by atoms with Gasteiger partial charge in [-0.25, -0.2) is 0 Å². The van der Waals surface area contributed by atoms with E-state index in [1.165, 1.54) is 21.7 Å². The second-order valence-corrected chi connectivity index (χ2v) is 6.13. The summed E-state index contributed by atoms with van der Waals surface area (Å²) in [5, 5.41) is 2.53. The molecule has 0 heterocycles. The Morgan fingerprint density at radius 2 is 1.00 bits per heavy atom. The number of rotatable bonds is 2. The smallest absolute Gasteiger partial charge is 0.0555 e. The Labute approximate surface area is 118 Å². The SMILES string of the molecule is [B][PH+](c1ccc(C)cc1)c1ccc(C)cc1.[Li+]. The molecular weight excluding hydrogens is 217 g/mol. The maximum atomic E-state index is 6.32. The Hall–Kier alpha value is -0.468. The van der Waals surface area contributed by atoms with Crippen molar-refractivity contribution in [3.05, 3.63) is 59.7 Å². The summed E-state index contributed by atoms with van der Waals surface area (Å²) in [7, 11) is 5.24. The average molecular weight is 232 g/mol. The van der Waals surface area contributed by atoms with Crippen molar-refractivity contribution in [3.63, 3.8) is 0 Å². The van der Waals surface area contributed by atoms with Gasteiger partial charge in [0.15, 0.2) is 0 Å². The number of hydrogen-bond donors (Lipinski definition) is 0. The van der Waals surface area contributed by atoms with Crippen LogP contribution in [0.3, 0.4) is 0 Å². The first-order valence-corrected chi connectivity index (χ1v) is 7.01. The van der Waals surface area contributed by atoms with E-state index in [1.54, 1.807) is 0 Å². The molecule has 17 heavy (non-hydrogen) atoms. The summed E-state index contributed by atoms with van der Waals surface area (Å²) in [6.07, 6.45) is 0. The molecule has 0 aliphatic carbocycles. The van der Waals surface area contributed by atoms with Crippen molar-refractivity contribution in [3.8, 4) is 0 Å². The minimum Gasteiger partial charge on any atom is -0.0555 e. The van der Waals surface area contributed by atoms with E-state index >= 15 is 0 Å². The summed E-state index contributed by atoms with van der Waals surface area (Å²) in [4.78, 5) is 0. The van der Waals surface area contributed by atoms with E-state index in [-0.39, 0.29) is 18.9 Å². The first-order valence-electron chi connectivity index (χ1n) is 5.43. The molecule has 2 aromatic rings. The Bertz CT molecular complexity index is 419. The van der Waals surface area contributed by atoms with Crippen LogP contribution in [-0.4, -0.2) is 7.57 Å². The topological polar surface area (TPSA) is 0 Å². The first kappa shape index (κ1) is 14.6. The van der Waals surface area contributed by atoms with E-state index in [1.807, 2.05) is 0 Å². The molecule has 2 rings (SSSR count). The van der Waals surface area contributed by atoms with E-state index < -0.39 is 7.80 Å². The quantitative estimate of drug-likeness (QED) is 0.486. The van der Waals surface area contributed by atoms with E-state index in [4.69, 9.17) is 7.57 Å². The summed E-state index contributed by atoms with van der Waals surface area (Å²) in [5.41, 5.74) is 2.56. The van der Waals surface area contributed by atoms with Gasteiger partial charge in [0.2, 0.25) is 0 Å². The number of hydrogen-bond acceptors (Lipinski definition) is 0. The summed E-state index contributed by atoms with van der Waals surface area (Å²) in [6, 6.07) is 17.1. The van der Waals surface area contributed by atoms with Crippen LogP contribution in [0.15, 0.2) is 48.5 Å². The van der Waals surface area contributed by atoms with Gasteiger partial charge in [0.05, 0.1) is 10.6 Å². The zero-order valence-electron chi connectivity index (χ0n) is 10.7. The van der Waals surface area contributed by atoms with Crippen molar-refractivity contribution in [1.82, 2.24) is 0 Å². The van der Waals surface area contributed by atoms with E-state index in [0.29, 0.717) is 0 Å². The van der Waals surface area contributed by atoms with Crippen molar-refractivity contribution in [2.75, 3.05) is 0 Å². The second-order valence-electron chi connectivity index (χ2n) is 4.15. The molecule has 2 radical (unpaired) electrons. The van der Waals surface area contributed by atoms with Crippen LogP contribution >= 0.6 is 7.80 Å². The van der Waals surface area contributed by atoms with Gasteiger partial charge in [0.1, 0.15) is 0 Å². The second kappa shape index (κ2) is 6.46. The molecule has 0 aliphatic rings. The molecule has 0 unspecified atom stereocenters. The van der Waals surface area contributed by atoms with Crippen LogP contribution < -0.4 is 29.5 Å². The molecule has 0 saturated heterocycles. The van der Waals surface area contributed by atoms with Gasteiger partial charge in [0, 0.05) is 7.80 Å². The Kier molecular flexibility index (Phi) is 5.55. The predicted octanol–water partition coefficient (Wildman–Crippen LogP) is -0.444. The Balaban J connectivity index is 0.00000144. The standard InChI is InChI=1S/C14H15BP.Li/c1-11-3-7-13(8-4-11)16(15)14-9-5-12(2)6-10-14;/h3-10,16H,1-2H3;/q2*+1. The van der Waals surface area contributed by atoms with Gasteiger partial charge >= 0.3 is 26.4 Å².